The number of hydrogen-bond donors (Lipinski definition) is 0. The van der Waals surface area contributed by atoms with E-state index in [1.165, 1.54) is 10.8 Å². The van der Waals surface area contributed by atoms with Gasteiger partial charge in [-0.25, -0.2) is 0 Å². The highest BCUT2D eigenvalue weighted by atomic mass is 28.3. The lowest BCUT2D eigenvalue weighted by atomic mass is 10.2. The molecule has 0 N–H and O–H groups in total. The Balaban J connectivity index is 1.96. The molecule has 0 fully saturated rings. The smallest absolute Gasteiger partial charge is 0.194 e. The van der Waals surface area contributed by atoms with Gasteiger partial charge in [0, 0.05) is 10.6 Å². The Morgan fingerprint density at radius 3 is 2.15 bits per heavy atom. The van der Waals surface area contributed by atoms with Crippen molar-refractivity contribution in [2.24, 2.45) is 0 Å². The zero-order valence-electron chi connectivity index (χ0n) is 16.0. The van der Waals surface area contributed by atoms with E-state index in [0.29, 0.717) is 6.54 Å². The summed E-state index contributed by atoms with van der Waals surface area (Å²) in [5, 5.41) is 3.22. The molecule has 1 aromatic heterocycles. The first-order chi connectivity index (χ1) is 13.0. The Morgan fingerprint density at radius 1 is 0.852 bits per heavy atom. The van der Waals surface area contributed by atoms with Gasteiger partial charge in [0.2, 0.25) is 0 Å². The molecule has 3 aromatic carbocycles. The maximum atomic E-state index is 15.9. The Hall–Kier alpha value is -2.65. The number of aromatic nitrogens is 1. The Bertz CT molecular complexity index is 1080. The lowest BCUT2D eigenvalue weighted by molar-refractivity contribution is 0.530. The number of benzene rings is 3. The Kier molecular flexibility index (Phi) is 4.48. The van der Waals surface area contributed by atoms with E-state index in [1.807, 2.05) is 28.8 Å². The van der Waals surface area contributed by atoms with Gasteiger partial charge in [-0.05, 0) is 24.6 Å². The van der Waals surface area contributed by atoms with Crippen molar-refractivity contribution in [3.05, 3.63) is 95.9 Å². The fourth-order valence-corrected chi connectivity index (χ4v) is 6.79. The number of hydrogen-bond acceptors (Lipinski definition) is 0. The molecule has 1 nitrogen and oxygen atoms in total. The zero-order valence-corrected chi connectivity index (χ0v) is 17.0. The molecule has 0 spiro atoms. The van der Waals surface area contributed by atoms with Gasteiger partial charge in [0.25, 0.3) is 0 Å². The van der Waals surface area contributed by atoms with Crippen LogP contribution >= 0.6 is 0 Å². The van der Waals surface area contributed by atoms with Crippen LogP contribution in [-0.4, -0.2) is 12.6 Å². The van der Waals surface area contributed by atoms with Crippen LogP contribution < -0.4 is 10.4 Å². The van der Waals surface area contributed by atoms with Crippen LogP contribution in [0.15, 0.2) is 78.9 Å². The molecule has 0 aliphatic rings. The van der Waals surface area contributed by atoms with Crippen molar-refractivity contribution in [1.29, 1.82) is 0 Å². The lowest BCUT2D eigenvalue weighted by Crippen LogP contribution is -2.54. The van der Waals surface area contributed by atoms with E-state index >= 15 is 4.39 Å². The minimum Gasteiger partial charge on any atom is -0.313 e. The summed E-state index contributed by atoms with van der Waals surface area (Å²) in [6, 6.07) is 26.8. The molecule has 1 heterocycles. The first-order valence-corrected chi connectivity index (χ1v) is 12.4. The summed E-state index contributed by atoms with van der Waals surface area (Å²) in [5.74, 6) is -0.0834. The second-order valence-electron chi connectivity index (χ2n) is 7.75. The highest BCUT2D eigenvalue weighted by Gasteiger charge is 2.34. The van der Waals surface area contributed by atoms with Gasteiger partial charge in [0.1, 0.15) is 8.07 Å². The predicted molar refractivity (Wildman–Crippen MR) is 115 cm³/mol. The van der Waals surface area contributed by atoms with Crippen LogP contribution in [0.3, 0.4) is 0 Å². The molecule has 0 amide bonds. The van der Waals surface area contributed by atoms with Crippen molar-refractivity contribution < 1.29 is 4.39 Å². The number of nitrogens with zero attached hydrogens (tertiary/aromatic N) is 1. The molecular weight excluding hydrogens is 349 g/mol. The van der Waals surface area contributed by atoms with E-state index < -0.39 is 8.07 Å². The third-order valence-electron chi connectivity index (χ3n) is 5.46. The number of rotatable bonds is 4. The molecule has 4 rings (SSSR count). The van der Waals surface area contributed by atoms with Gasteiger partial charge in [0.15, 0.2) is 5.95 Å². The summed E-state index contributed by atoms with van der Waals surface area (Å²) in [5.41, 5.74) is 3.26. The maximum absolute atomic E-state index is 15.9. The summed E-state index contributed by atoms with van der Waals surface area (Å²) in [6.07, 6.45) is 0. The van der Waals surface area contributed by atoms with Crippen LogP contribution in [0.4, 0.5) is 4.39 Å². The fraction of sp³-hybridized carbons (Fsp3) is 0.167. The first kappa shape index (κ1) is 17.7. The van der Waals surface area contributed by atoms with Crippen LogP contribution in [0.5, 0.6) is 0 Å². The summed E-state index contributed by atoms with van der Waals surface area (Å²) >= 11 is 0. The van der Waals surface area contributed by atoms with Crippen LogP contribution in [0, 0.1) is 12.9 Å². The van der Waals surface area contributed by atoms with Gasteiger partial charge in [-0.3, -0.25) is 0 Å². The van der Waals surface area contributed by atoms with Gasteiger partial charge in [-0.2, -0.15) is 4.39 Å². The van der Waals surface area contributed by atoms with Crippen molar-refractivity contribution in [2.75, 3.05) is 0 Å². The van der Waals surface area contributed by atoms with E-state index in [2.05, 4.69) is 74.6 Å². The van der Waals surface area contributed by atoms with Gasteiger partial charge < -0.3 is 4.57 Å². The van der Waals surface area contributed by atoms with Gasteiger partial charge >= 0.3 is 0 Å². The van der Waals surface area contributed by atoms with Crippen molar-refractivity contribution in [3.8, 4) is 0 Å². The zero-order chi connectivity index (χ0) is 19.0. The van der Waals surface area contributed by atoms with Crippen molar-refractivity contribution >= 4 is 29.4 Å². The molecule has 136 valence electrons. The number of halogens is 1. The highest BCUT2D eigenvalue weighted by Crippen LogP contribution is 2.24. The molecular formula is C24H24FNSi. The van der Waals surface area contributed by atoms with E-state index in [9.17, 15) is 0 Å². The molecule has 0 bridgehead atoms. The fourth-order valence-electron chi connectivity index (χ4n) is 3.95. The second kappa shape index (κ2) is 6.82. The molecule has 0 saturated heterocycles. The maximum Gasteiger partial charge on any atom is 0.194 e. The van der Waals surface area contributed by atoms with Gasteiger partial charge in [-0.1, -0.05) is 90.6 Å². The minimum absolute atomic E-state index is 0.0834. The minimum atomic E-state index is -2.18. The standard InChI is InChI=1S/C24H24FNSi/c1-18-14-15-22-21(16-18)23(27(2,3)20-12-8-5-9-13-20)24(25)26(22)17-19-10-6-4-7-11-19/h4-16H,17H2,1-3H3. The van der Waals surface area contributed by atoms with E-state index in [4.69, 9.17) is 0 Å². The third kappa shape index (κ3) is 3.13. The quantitative estimate of drug-likeness (QED) is 0.446. The monoisotopic (exact) mass is 373 g/mol. The molecule has 0 radical (unpaired) electrons. The average Bonchev–Trinajstić information content (AvgIpc) is 2.95. The molecule has 4 aromatic rings. The van der Waals surface area contributed by atoms with Crippen LogP contribution in [0.2, 0.25) is 13.1 Å². The predicted octanol–water partition coefficient (Wildman–Crippen LogP) is 4.96. The molecule has 0 aliphatic carbocycles. The molecule has 0 atom stereocenters. The molecule has 27 heavy (non-hydrogen) atoms. The molecule has 0 aliphatic heterocycles. The molecule has 3 heteroatoms. The van der Waals surface area contributed by atoms with Crippen molar-refractivity contribution in [2.45, 2.75) is 26.6 Å². The van der Waals surface area contributed by atoms with E-state index in [0.717, 1.165) is 21.7 Å². The number of aryl methyl sites for hydroxylation is 1. The first-order valence-electron chi connectivity index (χ1n) is 9.37. The topological polar surface area (TPSA) is 4.93 Å². The Labute approximate surface area is 161 Å². The Morgan fingerprint density at radius 2 is 1.48 bits per heavy atom. The number of fused-ring (bicyclic) bond motifs is 1. The van der Waals surface area contributed by atoms with Gasteiger partial charge in [0.05, 0.1) is 12.1 Å². The molecule has 0 unspecified atom stereocenters. The van der Waals surface area contributed by atoms with Crippen molar-refractivity contribution in [3.63, 3.8) is 0 Å². The lowest BCUT2D eigenvalue weighted by Gasteiger charge is -2.23. The van der Waals surface area contributed by atoms with Crippen LogP contribution in [0.25, 0.3) is 10.9 Å². The van der Waals surface area contributed by atoms with Gasteiger partial charge in [-0.15, -0.1) is 0 Å². The van der Waals surface area contributed by atoms with Crippen molar-refractivity contribution in [1.82, 2.24) is 4.57 Å². The van der Waals surface area contributed by atoms with E-state index in [-0.39, 0.29) is 5.95 Å². The SMILES string of the molecule is Cc1ccc2c(c1)c([Si](C)(C)c1ccccc1)c(F)n2Cc1ccccc1. The largest absolute Gasteiger partial charge is 0.313 e. The normalized spacial score (nSPS) is 11.9. The second-order valence-corrected chi connectivity index (χ2v) is 12.1. The van der Waals surface area contributed by atoms with Crippen LogP contribution in [0.1, 0.15) is 11.1 Å². The summed E-state index contributed by atoms with van der Waals surface area (Å²) in [7, 11) is -2.18. The summed E-state index contributed by atoms with van der Waals surface area (Å²) in [6.45, 7) is 7.11. The average molecular weight is 374 g/mol. The molecule has 0 saturated carbocycles. The van der Waals surface area contributed by atoms with Crippen LogP contribution in [-0.2, 0) is 6.54 Å². The summed E-state index contributed by atoms with van der Waals surface area (Å²) < 4.78 is 17.7. The highest BCUT2D eigenvalue weighted by molar-refractivity contribution is 7.01. The van der Waals surface area contributed by atoms with E-state index in [1.54, 1.807) is 0 Å². The third-order valence-corrected chi connectivity index (χ3v) is 8.96. The summed E-state index contributed by atoms with van der Waals surface area (Å²) in [4.78, 5) is 0.